The fraction of sp³-hybridized carbons (Fsp3) is 0.350. The molecule has 0 saturated carbocycles. The van der Waals surface area contributed by atoms with Crippen LogP contribution in [0.5, 0.6) is 11.6 Å². The van der Waals surface area contributed by atoms with Crippen LogP contribution in [0.25, 0.3) is 16.9 Å². The van der Waals surface area contributed by atoms with Gasteiger partial charge in [-0.3, -0.25) is 0 Å². The van der Waals surface area contributed by atoms with Crippen molar-refractivity contribution in [1.82, 2.24) is 25.1 Å². The Morgan fingerprint density at radius 3 is 2.86 bits per heavy atom. The molecule has 7 nitrogen and oxygen atoms in total. The summed E-state index contributed by atoms with van der Waals surface area (Å²) in [7, 11) is 0. The van der Waals surface area contributed by atoms with Crippen LogP contribution in [-0.4, -0.2) is 49.2 Å². The normalized spacial score (nSPS) is 26.3. The first-order valence-electron chi connectivity index (χ1n) is 9.39. The lowest BCUT2D eigenvalue weighted by Gasteiger charge is -2.32. The number of alkyl halides is 1. The van der Waals surface area contributed by atoms with Crippen molar-refractivity contribution in [3.63, 3.8) is 0 Å². The molecule has 4 atom stereocenters. The summed E-state index contributed by atoms with van der Waals surface area (Å²) in [4.78, 5) is 4.00. The maximum atomic E-state index is 14.5. The second kappa shape index (κ2) is 6.87. The van der Waals surface area contributed by atoms with E-state index in [0.717, 1.165) is 18.5 Å². The number of nitrogens with zero attached hydrogens (tertiary/aromatic N) is 4. The van der Waals surface area contributed by atoms with E-state index < -0.39 is 12.3 Å². The number of benzene rings is 1. The molecule has 5 rings (SSSR count). The van der Waals surface area contributed by atoms with Crippen molar-refractivity contribution in [2.75, 3.05) is 0 Å². The highest BCUT2D eigenvalue weighted by atomic mass is 19.1. The van der Waals surface area contributed by atoms with Crippen LogP contribution in [0, 0.1) is 0 Å². The lowest BCUT2D eigenvalue weighted by atomic mass is 10.0. The molecule has 2 bridgehead atoms. The molecule has 2 N–H and O–H groups in total. The average molecular weight is 381 g/mol. The average Bonchev–Trinajstić information content (AvgIpc) is 3.37. The number of phenols is 1. The smallest absolute Gasteiger partial charge is 0.233 e. The van der Waals surface area contributed by atoms with Crippen molar-refractivity contribution < 1.29 is 14.2 Å². The Morgan fingerprint density at radius 2 is 2.11 bits per heavy atom. The Labute approximate surface area is 161 Å². The second-order valence-electron chi connectivity index (χ2n) is 7.31. The monoisotopic (exact) mass is 381 g/mol. The summed E-state index contributed by atoms with van der Waals surface area (Å²) in [6.45, 7) is 0. The Balaban J connectivity index is 1.32. The molecule has 28 heavy (non-hydrogen) atoms. The van der Waals surface area contributed by atoms with Gasteiger partial charge in [-0.15, -0.1) is 10.2 Å². The summed E-state index contributed by atoms with van der Waals surface area (Å²) in [5, 5.41) is 21.9. The van der Waals surface area contributed by atoms with E-state index in [-0.39, 0.29) is 11.8 Å². The van der Waals surface area contributed by atoms with Gasteiger partial charge in [-0.1, -0.05) is 0 Å². The summed E-state index contributed by atoms with van der Waals surface area (Å²) in [6, 6.07) is 8.86. The number of piperidine rings is 1. The Bertz CT molecular complexity index is 963. The number of fused-ring (bicyclic) bond motifs is 2. The quantitative estimate of drug-likeness (QED) is 0.723. The lowest BCUT2D eigenvalue weighted by molar-refractivity contribution is 0.0422. The van der Waals surface area contributed by atoms with Crippen molar-refractivity contribution in [3.05, 3.63) is 49.1 Å². The number of rotatable bonds is 4. The van der Waals surface area contributed by atoms with Crippen molar-refractivity contribution >= 4 is 0 Å². The van der Waals surface area contributed by atoms with Crippen LogP contribution >= 0.6 is 0 Å². The molecule has 3 aromatic rings. The second-order valence-corrected chi connectivity index (χ2v) is 7.31. The first-order chi connectivity index (χ1) is 13.7. The molecule has 4 heterocycles. The summed E-state index contributed by atoms with van der Waals surface area (Å²) in [6.07, 6.45) is 6.07. The highest BCUT2D eigenvalue weighted by Gasteiger charge is 2.43. The van der Waals surface area contributed by atoms with Gasteiger partial charge in [0.2, 0.25) is 5.88 Å². The van der Waals surface area contributed by atoms with Crippen molar-refractivity contribution in [2.45, 2.75) is 43.6 Å². The number of phenolic OH excluding ortho intramolecular Hbond substituents is 1. The number of hydrogen-bond donors (Lipinski definition) is 2. The standard InChI is InChI=1S/C20H20FN5O2/c21-20-16-4-1-12(23-16)9-18(20)28-19-6-5-15(24-25-19)14-3-2-13(10-17(14)27)26-8-7-22-11-26/h2-3,5-8,10-12,16,18,20,23,27H,1,4,9H2/t12-,16+,18-,20+/m1/s1. The minimum absolute atomic E-state index is 0.0907. The van der Waals surface area contributed by atoms with Crippen molar-refractivity contribution in [3.8, 4) is 28.6 Å². The van der Waals surface area contributed by atoms with E-state index in [1.807, 2.05) is 6.07 Å². The molecule has 2 aromatic heterocycles. The zero-order valence-corrected chi connectivity index (χ0v) is 15.1. The molecule has 0 amide bonds. The number of ether oxygens (including phenoxy) is 1. The van der Waals surface area contributed by atoms with Gasteiger partial charge in [0.25, 0.3) is 0 Å². The molecule has 144 valence electrons. The maximum Gasteiger partial charge on any atom is 0.233 e. The van der Waals surface area contributed by atoms with E-state index in [1.165, 1.54) is 0 Å². The molecule has 0 radical (unpaired) electrons. The first kappa shape index (κ1) is 17.1. The van der Waals surface area contributed by atoms with Crippen molar-refractivity contribution in [2.24, 2.45) is 0 Å². The van der Waals surface area contributed by atoms with Gasteiger partial charge in [-0.2, -0.15) is 0 Å². The number of aromatic nitrogens is 4. The van der Waals surface area contributed by atoms with Crippen LogP contribution in [0.15, 0.2) is 49.1 Å². The molecule has 8 heteroatoms. The lowest BCUT2D eigenvalue weighted by Crippen LogP contribution is -2.51. The summed E-state index contributed by atoms with van der Waals surface area (Å²) in [5.74, 6) is 0.389. The Kier molecular flexibility index (Phi) is 4.20. The first-order valence-corrected chi connectivity index (χ1v) is 9.39. The number of hydrogen-bond acceptors (Lipinski definition) is 6. The molecule has 0 aliphatic carbocycles. The molecule has 2 aliphatic rings. The maximum absolute atomic E-state index is 14.5. The van der Waals surface area contributed by atoms with E-state index in [0.29, 0.717) is 29.6 Å². The van der Waals surface area contributed by atoms with E-state index in [2.05, 4.69) is 20.5 Å². The van der Waals surface area contributed by atoms with Crippen molar-refractivity contribution in [1.29, 1.82) is 0 Å². The van der Waals surface area contributed by atoms with Crippen LogP contribution in [0.2, 0.25) is 0 Å². The zero-order valence-electron chi connectivity index (χ0n) is 15.1. The van der Waals surface area contributed by atoms with E-state index in [1.54, 1.807) is 47.6 Å². The van der Waals surface area contributed by atoms with Crippen LogP contribution in [0.1, 0.15) is 19.3 Å². The van der Waals surface area contributed by atoms with Gasteiger partial charge in [-0.25, -0.2) is 9.37 Å². The highest BCUT2D eigenvalue weighted by molar-refractivity contribution is 5.68. The molecule has 2 fully saturated rings. The third-order valence-corrected chi connectivity index (χ3v) is 5.50. The zero-order chi connectivity index (χ0) is 19.1. The van der Waals surface area contributed by atoms with Gasteiger partial charge >= 0.3 is 0 Å². The summed E-state index contributed by atoms with van der Waals surface area (Å²) >= 11 is 0. The SMILES string of the molecule is Oc1cc(-n2ccnc2)ccc1-c1ccc(O[C@@H]2C[C@H]3CC[C@H](N3)[C@@H]2F)nn1. The third-order valence-electron chi connectivity index (χ3n) is 5.50. The van der Waals surface area contributed by atoms with Crippen LogP contribution in [0.4, 0.5) is 4.39 Å². The van der Waals surface area contributed by atoms with Crippen LogP contribution in [-0.2, 0) is 0 Å². The van der Waals surface area contributed by atoms with Crippen LogP contribution in [0.3, 0.4) is 0 Å². The van der Waals surface area contributed by atoms with Crippen LogP contribution < -0.4 is 10.1 Å². The fourth-order valence-corrected chi connectivity index (χ4v) is 4.06. The molecular weight excluding hydrogens is 361 g/mol. The number of nitrogens with one attached hydrogen (secondary N) is 1. The predicted octanol–water partition coefficient (Wildman–Crippen LogP) is 2.64. The van der Waals surface area contributed by atoms with Gasteiger partial charge < -0.3 is 19.7 Å². The van der Waals surface area contributed by atoms with Gasteiger partial charge in [0.15, 0.2) is 6.17 Å². The Hall–Kier alpha value is -3.00. The molecule has 0 spiro atoms. The number of aromatic hydroxyl groups is 1. The summed E-state index contributed by atoms with van der Waals surface area (Å²) in [5.41, 5.74) is 1.87. The van der Waals surface area contributed by atoms with Gasteiger partial charge in [0, 0.05) is 48.6 Å². The molecule has 1 aromatic carbocycles. The Morgan fingerprint density at radius 1 is 1.18 bits per heavy atom. The van der Waals surface area contributed by atoms with E-state index in [4.69, 9.17) is 4.74 Å². The fourth-order valence-electron chi connectivity index (χ4n) is 4.06. The third kappa shape index (κ3) is 3.09. The minimum atomic E-state index is -1.04. The number of imidazole rings is 1. The molecule has 2 saturated heterocycles. The number of halogens is 1. The predicted molar refractivity (Wildman–Crippen MR) is 100 cm³/mol. The van der Waals surface area contributed by atoms with Gasteiger partial charge in [-0.05, 0) is 31.0 Å². The van der Waals surface area contributed by atoms with E-state index in [9.17, 15) is 9.50 Å². The molecule has 2 aliphatic heterocycles. The highest BCUT2D eigenvalue weighted by Crippen LogP contribution is 2.33. The van der Waals surface area contributed by atoms with Gasteiger partial charge in [0.1, 0.15) is 11.9 Å². The topological polar surface area (TPSA) is 85.1 Å². The largest absolute Gasteiger partial charge is 0.507 e. The summed E-state index contributed by atoms with van der Waals surface area (Å²) < 4.78 is 22.1. The molecular formula is C20H20FN5O2. The molecule has 0 unspecified atom stereocenters. The van der Waals surface area contributed by atoms with Gasteiger partial charge in [0.05, 0.1) is 17.7 Å². The minimum Gasteiger partial charge on any atom is -0.507 e. The van der Waals surface area contributed by atoms with E-state index >= 15 is 0 Å².